The summed E-state index contributed by atoms with van der Waals surface area (Å²) in [6.07, 6.45) is 1.09. The number of methoxy groups -OCH3 is 1. The minimum atomic E-state index is -3.42. The van der Waals surface area contributed by atoms with Gasteiger partial charge < -0.3 is 19.3 Å². The maximum Gasteiger partial charge on any atom is 0.339 e. The molecule has 1 N–H and O–H groups in total. The first-order valence-electron chi connectivity index (χ1n) is 10.1. The molecule has 0 saturated carbocycles. The smallest absolute Gasteiger partial charge is 0.339 e. The second-order valence-corrected chi connectivity index (χ2v) is 10.2. The maximum atomic E-state index is 11.9. The van der Waals surface area contributed by atoms with Crippen LogP contribution in [0.3, 0.4) is 0 Å². The number of nitrogens with zero attached hydrogens (tertiary/aromatic N) is 1. The van der Waals surface area contributed by atoms with Crippen LogP contribution in [0.1, 0.15) is 29.8 Å². The number of carboxylic acid groups (broad SMARTS) is 1. The molecule has 0 saturated heterocycles. The molecule has 3 aromatic rings. The summed E-state index contributed by atoms with van der Waals surface area (Å²) in [6.45, 7) is 4.79. The number of thiazole rings is 1. The van der Waals surface area contributed by atoms with Crippen LogP contribution in [0.4, 0.5) is 0 Å². The Morgan fingerprint density at radius 1 is 1.06 bits per heavy atom. The predicted molar refractivity (Wildman–Crippen MR) is 127 cm³/mol. The van der Waals surface area contributed by atoms with E-state index >= 15 is 0 Å². The van der Waals surface area contributed by atoms with E-state index in [1.165, 1.54) is 24.5 Å². The number of aromatic nitrogens is 1. The monoisotopic (exact) mass is 491 g/mol. The molecule has 8 nitrogen and oxygen atoms in total. The molecule has 176 valence electrons. The molecule has 0 unspecified atom stereocenters. The number of benzene rings is 2. The Bertz CT molecular complexity index is 1270. The van der Waals surface area contributed by atoms with Gasteiger partial charge in [0, 0.05) is 28.3 Å². The van der Waals surface area contributed by atoms with Gasteiger partial charge in [-0.1, -0.05) is 0 Å². The van der Waals surface area contributed by atoms with E-state index < -0.39 is 15.8 Å². The van der Waals surface area contributed by atoms with Crippen LogP contribution in [0.5, 0.6) is 17.2 Å². The molecule has 1 heterocycles. The topological polar surface area (TPSA) is 112 Å². The van der Waals surface area contributed by atoms with Gasteiger partial charge in [-0.2, -0.15) is 0 Å². The molecule has 0 amide bonds. The highest BCUT2D eigenvalue weighted by molar-refractivity contribution is 7.89. The summed E-state index contributed by atoms with van der Waals surface area (Å²) >= 11 is 1.38. The van der Waals surface area contributed by atoms with Crippen molar-refractivity contribution in [2.75, 3.05) is 26.6 Å². The van der Waals surface area contributed by atoms with Crippen LogP contribution in [0, 0.1) is 0 Å². The molecule has 0 aliphatic heterocycles. The van der Waals surface area contributed by atoms with Crippen molar-refractivity contribution in [3.05, 3.63) is 46.8 Å². The number of hydrogen-bond acceptors (Lipinski definition) is 8. The zero-order valence-corrected chi connectivity index (χ0v) is 20.4. The summed E-state index contributed by atoms with van der Waals surface area (Å²) in [5.74, 6) is -0.280. The molecule has 2 aromatic carbocycles. The standard InChI is InChI=1S/C23H25NO7S2/c1-5-30-19-8-7-14(11-20(19)31-6-2)22-24-18(12-32-22)15-9-16(13-33(4,27)28)21(29-3)17(10-15)23(25)26/h7-12H,5-6,13H2,1-4H3,(H,25,26). The molecule has 0 fully saturated rings. The SMILES string of the molecule is CCOc1ccc(-c2nc(-c3cc(CS(C)(=O)=O)c(OC)c(C(=O)O)c3)cs2)cc1OCC. The number of sulfone groups is 1. The molecule has 1 aromatic heterocycles. The van der Waals surface area contributed by atoms with E-state index in [1.54, 1.807) is 11.4 Å². The van der Waals surface area contributed by atoms with Crippen LogP contribution in [0.15, 0.2) is 35.7 Å². The molecular formula is C23H25NO7S2. The molecular weight excluding hydrogens is 466 g/mol. The number of ether oxygens (including phenoxy) is 3. The van der Waals surface area contributed by atoms with E-state index in [9.17, 15) is 18.3 Å². The third-order valence-corrected chi connectivity index (χ3v) is 6.34. The molecule has 10 heteroatoms. The van der Waals surface area contributed by atoms with Gasteiger partial charge >= 0.3 is 5.97 Å². The van der Waals surface area contributed by atoms with Crippen LogP contribution < -0.4 is 14.2 Å². The fourth-order valence-corrected chi connectivity index (χ4v) is 4.96. The Kier molecular flexibility index (Phi) is 7.60. The number of aromatic carboxylic acids is 1. The van der Waals surface area contributed by atoms with E-state index in [0.29, 0.717) is 41.0 Å². The lowest BCUT2D eigenvalue weighted by Crippen LogP contribution is -2.08. The van der Waals surface area contributed by atoms with Crippen molar-refractivity contribution in [1.82, 2.24) is 4.98 Å². The highest BCUT2D eigenvalue weighted by Crippen LogP contribution is 2.37. The summed E-state index contributed by atoms with van der Waals surface area (Å²) in [5.41, 5.74) is 1.99. The zero-order valence-electron chi connectivity index (χ0n) is 18.7. The van der Waals surface area contributed by atoms with Crippen molar-refractivity contribution in [3.8, 4) is 39.1 Å². The molecule has 33 heavy (non-hydrogen) atoms. The van der Waals surface area contributed by atoms with Gasteiger partial charge in [0.05, 0.1) is 31.8 Å². The number of carbonyl (C=O) groups is 1. The van der Waals surface area contributed by atoms with Crippen LogP contribution >= 0.6 is 11.3 Å². The van der Waals surface area contributed by atoms with Crippen molar-refractivity contribution in [3.63, 3.8) is 0 Å². The molecule has 0 aliphatic carbocycles. The first kappa shape index (κ1) is 24.5. The maximum absolute atomic E-state index is 11.9. The summed E-state index contributed by atoms with van der Waals surface area (Å²) in [7, 11) is -2.11. The quantitative estimate of drug-likeness (QED) is 0.440. The van der Waals surface area contributed by atoms with Crippen molar-refractivity contribution >= 4 is 27.1 Å². The Morgan fingerprint density at radius 3 is 2.36 bits per heavy atom. The summed E-state index contributed by atoms with van der Waals surface area (Å²) < 4.78 is 40.3. The van der Waals surface area contributed by atoms with Gasteiger partial charge in [-0.15, -0.1) is 11.3 Å². The molecule has 0 radical (unpaired) electrons. The highest BCUT2D eigenvalue weighted by atomic mass is 32.2. The second kappa shape index (κ2) is 10.2. The van der Waals surface area contributed by atoms with Gasteiger partial charge in [-0.25, -0.2) is 18.2 Å². The van der Waals surface area contributed by atoms with Crippen molar-refractivity contribution in [1.29, 1.82) is 0 Å². The fourth-order valence-electron chi connectivity index (χ4n) is 3.35. The summed E-state index contributed by atoms with van der Waals surface area (Å²) in [6, 6.07) is 8.60. The Labute approximate surface area is 196 Å². The first-order valence-corrected chi connectivity index (χ1v) is 13.1. The highest BCUT2D eigenvalue weighted by Gasteiger charge is 2.21. The van der Waals surface area contributed by atoms with E-state index in [4.69, 9.17) is 14.2 Å². The van der Waals surface area contributed by atoms with Crippen LogP contribution in [-0.4, -0.2) is 51.1 Å². The third kappa shape index (κ3) is 5.82. The summed E-state index contributed by atoms with van der Waals surface area (Å²) in [5, 5.41) is 12.1. The normalized spacial score (nSPS) is 11.3. The van der Waals surface area contributed by atoms with E-state index in [0.717, 1.165) is 11.8 Å². The van der Waals surface area contributed by atoms with E-state index in [-0.39, 0.29) is 22.6 Å². The third-order valence-electron chi connectivity index (χ3n) is 4.61. The van der Waals surface area contributed by atoms with Crippen molar-refractivity contribution in [2.24, 2.45) is 0 Å². The van der Waals surface area contributed by atoms with Gasteiger partial charge in [-0.3, -0.25) is 0 Å². The molecule has 0 spiro atoms. The predicted octanol–water partition coefficient (Wildman–Crippen LogP) is 4.53. The molecule has 0 atom stereocenters. The van der Waals surface area contributed by atoms with Gasteiger partial charge in [-0.05, 0) is 44.2 Å². The average molecular weight is 492 g/mol. The van der Waals surface area contributed by atoms with Crippen molar-refractivity contribution in [2.45, 2.75) is 19.6 Å². The van der Waals surface area contributed by atoms with E-state index in [2.05, 4.69) is 4.98 Å². The van der Waals surface area contributed by atoms with Crippen LogP contribution in [0.2, 0.25) is 0 Å². The average Bonchev–Trinajstić information content (AvgIpc) is 3.24. The Balaban J connectivity index is 2.07. The Morgan fingerprint density at radius 2 is 1.76 bits per heavy atom. The van der Waals surface area contributed by atoms with Gasteiger partial charge in [0.1, 0.15) is 16.3 Å². The molecule has 0 bridgehead atoms. The Hall–Kier alpha value is -3.11. The second-order valence-electron chi connectivity index (χ2n) is 7.16. The lowest BCUT2D eigenvalue weighted by atomic mass is 10.0. The van der Waals surface area contributed by atoms with Crippen molar-refractivity contribution < 1.29 is 32.5 Å². The number of carboxylic acids is 1. The number of rotatable bonds is 10. The van der Waals surface area contributed by atoms with Crippen LogP contribution in [0.25, 0.3) is 21.8 Å². The summed E-state index contributed by atoms with van der Waals surface area (Å²) in [4.78, 5) is 16.5. The minimum absolute atomic E-state index is 0.0278. The fraction of sp³-hybridized carbons (Fsp3) is 0.304. The number of hydrogen-bond donors (Lipinski definition) is 1. The minimum Gasteiger partial charge on any atom is -0.496 e. The molecule has 3 rings (SSSR count). The van der Waals surface area contributed by atoms with Crippen LogP contribution in [-0.2, 0) is 15.6 Å². The van der Waals surface area contributed by atoms with E-state index in [1.807, 2.05) is 32.0 Å². The molecule has 0 aliphatic rings. The lowest BCUT2D eigenvalue weighted by molar-refractivity contribution is 0.0693. The lowest BCUT2D eigenvalue weighted by Gasteiger charge is -2.13. The largest absolute Gasteiger partial charge is 0.496 e. The first-order chi connectivity index (χ1) is 15.7. The zero-order chi connectivity index (χ0) is 24.2. The van der Waals surface area contributed by atoms with Gasteiger partial charge in [0.15, 0.2) is 21.3 Å². The van der Waals surface area contributed by atoms with Gasteiger partial charge in [0.25, 0.3) is 0 Å². The van der Waals surface area contributed by atoms with Gasteiger partial charge in [0.2, 0.25) is 0 Å².